The molecule has 1 amide bonds. The Morgan fingerprint density at radius 2 is 1.87 bits per heavy atom. The van der Waals surface area contributed by atoms with Crippen molar-refractivity contribution in [2.75, 3.05) is 20.2 Å². The molecule has 1 aliphatic heterocycles. The van der Waals surface area contributed by atoms with Gasteiger partial charge in [0, 0.05) is 24.3 Å². The molecule has 1 saturated heterocycles. The first-order chi connectivity index (χ1) is 14.5. The van der Waals surface area contributed by atoms with Crippen LogP contribution in [0.3, 0.4) is 0 Å². The molecule has 7 heteroatoms. The van der Waals surface area contributed by atoms with Crippen LogP contribution in [0.15, 0.2) is 42.5 Å². The lowest BCUT2D eigenvalue weighted by Gasteiger charge is -2.14. The second-order valence-corrected chi connectivity index (χ2v) is 7.21. The third kappa shape index (κ3) is 3.41. The third-order valence-corrected chi connectivity index (χ3v) is 5.38. The highest BCUT2D eigenvalue weighted by Crippen LogP contribution is 2.29. The smallest absolute Gasteiger partial charge is 0.274 e. The minimum Gasteiger partial charge on any atom is -0.497 e. The van der Waals surface area contributed by atoms with Crippen LogP contribution in [0.1, 0.15) is 34.6 Å². The lowest BCUT2D eigenvalue weighted by Crippen LogP contribution is -2.28. The quantitative estimate of drug-likeness (QED) is 0.656. The summed E-state index contributed by atoms with van der Waals surface area (Å²) in [4.78, 5) is 19.5. The standard InChI is InChI=1S/C23H21FN4O2/c1-15-21(23(29)27-11-3-4-12-27)26-22(16-5-6-17(14-25)20(24)13-16)28(15)18-7-9-19(30-2)10-8-18/h5-10,13H,3-4,11-12H2,1-2H3. The highest BCUT2D eigenvalue weighted by atomic mass is 19.1. The van der Waals surface area contributed by atoms with Gasteiger partial charge in [0.25, 0.3) is 5.91 Å². The van der Waals surface area contributed by atoms with Gasteiger partial charge < -0.3 is 9.64 Å². The number of nitriles is 1. The fourth-order valence-corrected chi connectivity index (χ4v) is 3.76. The Labute approximate surface area is 174 Å². The SMILES string of the molecule is COc1ccc(-n2c(-c3ccc(C#N)c(F)c3)nc(C(=O)N3CCCC3)c2C)cc1. The van der Waals surface area contributed by atoms with Gasteiger partial charge in [0.15, 0.2) is 0 Å². The van der Waals surface area contributed by atoms with Crippen LogP contribution < -0.4 is 4.74 Å². The molecule has 0 unspecified atom stereocenters. The summed E-state index contributed by atoms with van der Waals surface area (Å²) in [5.74, 6) is 0.413. The lowest BCUT2D eigenvalue weighted by atomic mass is 10.1. The van der Waals surface area contributed by atoms with Gasteiger partial charge in [-0.05, 0) is 62.2 Å². The monoisotopic (exact) mass is 404 g/mol. The fourth-order valence-electron chi connectivity index (χ4n) is 3.76. The van der Waals surface area contributed by atoms with Crippen LogP contribution in [0.5, 0.6) is 5.75 Å². The number of amides is 1. The molecule has 0 radical (unpaired) electrons. The van der Waals surface area contributed by atoms with E-state index in [1.165, 1.54) is 12.1 Å². The maximum Gasteiger partial charge on any atom is 0.274 e. The maximum absolute atomic E-state index is 14.3. The maximum atomic E-state index is 14.3. The van der Waals surface area contributed by atoms with E-state index in [0.29, 0.717) is 41.6 Å². The van der Waals surface area contributed by atoms with E-state index in [1.807, 2.05) is 41.8 Å². The van der Waals surface area contributed by atoms with E-state index in [4.69, 9.17) is 10.00 Å². The lowest BCUT2D eigenvalue weighted by molar-refractivity contribution is 0.0787. The summed E-state index contributed by atoms with van der Waals surface area (Å²) in [7, 11) is 1.59. The number of nitrogens with zero attached hydrogens (tertiary/aromatic N) is 4. The van der Waals surface area contributed by atoms with Crippen molar-refractivity contribution in [1.82, 2.24) is 14.5 Å². The van der Waals surface area contributed by atoms with Gasteiger partial charge in [-0.1, -0.05) is 0 Å². The molecule has 1 aliphatic rings. The zero-order valence-corrected chi connectivity index (χ0v) is 16.9. The summed E-state index contributed by atoms with van der Waals surface area (Å²) >= 11 is 0. The Bertz CT molecular complexity index is 1140. The number of halogens is 1. The molecule has 0 saturated carbocycles. The summed E-state index contributed by atoms with van der Waals surface area (Å²) in [5, 5.41) is 9.03. The molecule has 1 fully saturated rings. The van der Waals surface area contributed by atoms with Crippen molar-refractivity contribution in [3.8, 4) is 28.9 Å². The largest absolute Gasteiger partial charge is 0.497 e. The third-order valence-electron chi connectivity index (χ3n) is 5.38. The molecule has 4 rings (SSSR count). The van der Waals surface area contributed by atoms with Gasteiger partial charge in [0.1, 0.15) is 29.2 Å². The molecule has 0 spiro atoms. The first kappa shape index (κ1) is 19.6. The van der Waals surface area contributed by atoms with Gasteiger partial charge >= 0.3 is 0 Å². The predicted molar refractivity (Wildman–Crippen MR) is 110 cm³/mol. The van der Waals surface area contributed by atoms with Crippen LogP contribution in [-0.2, 0) is 0 Å². The van der Waals surface area contributed by atoms with Crippen molar-refractivity contribution in [2.45, 2.75) is 19.8 Å². The number of likely N-dealkylation sites (tertiary alicyclic amines) is 1. The molecule has 0 N–H and O–H groups in total. The summed E-state index contributed by atoms with van der Waals surface area (Å²) in [5.41, 5.74) is 2.27. The van der Waals surface area contributed by atoms with E-state index in [9.17, 15) is 9.18 Å². The van der Waals surface area contributed by atoms with Crippen molar-refractivity contribution >= 4 is 5.91 Å². The second-order valence-electron chi connectivity index (χ2n) is 7.21. The molecule has 0 bridgehead atoms. The van der Waals surface area contributed by atoms with Gasteiger partial charge in [0.05, 0.1) is 18.4 Å². The summed E-state index contributed by atoms with van der Waals surface area (Å²) in [6.45, 7) is 3.27. The van der Waals surface area contributed by atoms with Gasteiger partial charge in [-0.3, -0.25) is 9.36 Å². The molecule has 1 aromatic heterocycles. The second kappa shape index (κ2) is 7.99. The summed E-state index contributed by atoms with van der Waals surface area (Å²) in [6, 6.07) is 13.5. The average molecular weight is 404 g/mol. The Kier molecular flexibility index (Phi) is 5.23. The number of rotatable bonds is 4. The van der Waals surface area contributed by atoms with Gasteiger partial charge in [-0.2, -0.15) is 5.26 Å². The molecule has 6 nitrogen and oxygen atoms in total. The van der Waals surface area contributed by atoms with Crippen LogP contribution in [0, 0.1) is 24.1 Å². The van der Waals surface area contributed by atoms with E-state index in [1.54, 1.807) is 18.1 Å². The first-order valence-electron chi connectivity index (χ1n) is 9.76. The fraction of sp³-hybridized carbons (Fsp3) is 0.261. The number of carbonyl (C=O) groups is 1. The Hall–Kier alpha value is -3.66. The zero-order valence-electron chi connectivity index (χ0n) is 16.9. The Morgan fingerprint density at radius 3 is 2.47 bits per heavy atom. The minimum atomic E-state index is -0.621. The van der Waals surface area contributed by atoms with Gasteiger partial charge in [-0.15, -0.1) is 0 Å². The van der Waals surface area contributed by atoms with Gasteiger partial charge in [0.2, 0.25) is 0 Å². The van der Waals surface area contributed by atoms with E-state index < -0.39 is 5.82 Å². The number of methoxy groups -OCH3 is 1. The summed E-state index contributed by atoms with van der Waals surface area (Å²) < 4.78 is 21.4. The van der Waals surface area contributed by atoms with Crippen molar-refractivity contribution in [2.24, 2.45) is 0 Å². The molecule has 30 heavy (non-hydrogen) atoms. The Morgan fingerprint density at radius 1 is 1.17 bits per heavy atom. The number of aromatic nitrogens is 2. The van der Waals surface area contributed by atoms with Crippen molar-refractivity contribution in [3.05, 3.63) is 65.2 Å². The van der Waals surface area contributed by atoms with Crippen LogP contribution >= 0.6 is 0 Å². The molecule has 152 valence electrons. The normalized spacial score (nSPS) is 13.3. The predicted octanol–water partition coefficient (Wildman–Crippen LogP) is 4.10. The zero-order chi connectivity index (χ0) is 21.3. The number of benzene rings is 2. The number of hydrogen-bond donors (Lipinski definition) is 0. The van der Waals surface area contributed by atoms with E-state index >= 15 is 0 Å². The van der Waals surface area contributed by atoms with E-state index in [-0.39, 0.29) is 11.5 Å². The molecule has 3 aromatic rings. The molecule has 0 atom stereocenters. The highest BCUT2D eigenvalue weighted by Gasteiger charge is 2.27. The van der Waals surface area contributed by atoms with Crippen LogP contribution in [0.25, 0.3) is 17.1 Å². The number of hydrogen-bond acceptors (Lipinski definition) is 4. The van der Waals surface area contributed by atoms with E-state index in [0.717, 1.165) is 18.5 Å². The van der Waals surface area contributed by atoms with Crippen molar-refractivity contribution < 1.29 is 13.9 Å². The average Bonchev–Trinajstić information content (AvgIpc) is 3.42. The summed E-state index contributed by atoms with van der Waals surface area (Å²) in [6.07, 6.45) is 1.97. The number of imidazole rings is 1. The van der Waals surface area contributed by atoms with Crippen molar-refractivity contribution in [1.29, 1.82) is 5.26 Å². The minimum absolute atomic E-state index is 0.0357. The van der Waals surface area contributed by atoms with Crippen molar-refractivity contribution in [3.63, 3.8) is 0 Å². The molecular formula is C23H21FN4O2. The van der Waals surface area contributed by atoms with E-state index in [2.05, 4.69) is 4.98 Å². The molecule has 2 heterocycles. The number of ether oxygens (including phenoxy) is 1. The Balaban J connectivity index is 1.88. The number of carbonyl (C=O) groups excluding carboxylic acids is 1. The highest BCUT2D eigenvalue weighted by molar-refractivity contribution is 5.94. The van der Waals surface area contributed by atoms with Crippen LogP contribution in [0.2, 0.25) is 0 Å². The molecule has 2 aromatic carbocycles. The topological polar surface area (TPSA) is 71.1 Å². The van der Waals surface area contributed by atoms with Crippen LogP contribution in [-0.4, -0.2) is 40.6 Å². The molecular weight excluding hydrogens is 383 g/mol. The molecule has 0 aliphatic carbocycles. The first-order valence-corrected chi connectivity index (χ1v) is 9.76. The van der Waals surface area contributed by atoms with Crippen LogP contribution in [0.4, 0.5) is 4.39 Å². The van der Waals surface area contributed by atoms with Gasteiger partial charge in [-0.25, -0.2) is 9.37 Å².